The summed E-state index contributed by atoms with van der Waals surface area (Å²) >= 11 is 3.29. The van der Waals surface area contributed by atoms with Gasteiger partial charge in [-0.15, -0.1) is 0 Å². The van der Waals surface area contributed by atoms with E-state index < -0.39 is 0 Å². The number of hydrogen-bond acceptors (Lipinski definition) is 4. The number of halogens is 1. The van der Waals surface area contributed by atoms with E-state index in [9.17, 15) is 4.79 Å². The molecule has 2 atom stereocenters. The Morgan fingerprint density at radius 3 is 3.06 bits per heavy atom. The lowest BCUT2D eigenvalue weighted by molar-refractivity contribution is -0.139. The average molecular weight is 293 g/mol. The van der Waals surface area contributed by atoms with Gasteiger partial charge in [-0.1, -0.05) is 15.9 Å². The smallest absolute Gasteiger partial charge is 0.320 e. The lowest BCUT2D eigenvalue weighted by Gasteiger charge is -2.29. The fourth-order valence-electron chi connectivity index (χ4n) is 2.07. The monoisotopic (exact) mass is 292 g/mol. The molecule has 0 saturated carbocycles. The second-order valence-corrected chi connectivity index (χ2v) is 5.52. The Morgan fingerprint density at radius 1 is 1.69 bits per heavy atom. The van der Waals surface area contributed by atoms with Crippen molar-refractivity contribution in [3.05, 3.63) is 0 Å². The van der Waals surface area contributed by atoms with Crippen LogP contribution in [0, 0.1) is 5.92 Å². The quantitative estimate of drug-likeness (QED) is 0.603. The van der Waals surface area contributed by atoms with Crippen LogP contribution >= 0.6 is 15.9 Å². The van der Waals surface area contributed by atoms with Crippen LogP contribution in [0.1, 0.15) is 12.8 Å². The van der Waals surface area contributed by atoms with Gasteiger partial charge in [0, 0.05) is 13.1 Å². The van der Waals surface area contributed by atoms with Crippen molar-refractivity contribution in [3.8, 4) is 0 Å². The molecule has 1 rings (SSSR count). The number of nitrogens with zero attached hydrogens (tertiary/aromatic N) is 1. The molecule has 0 aliphatic carbocycles. The third-order valence-electron chi connectivity index (χ3n) is 2.94. The minimum atomic E-state index is -0.237. The molecule has 0 spiro atoms. The topological polar surface area (TPSA) is 41.6 Å². The van der Waals surface area contributed by atoms with Crippen molar-refractivity contribution < 1.29 is 9.53 Å². The largest absolute Gasteiger partial charge is 0.468 e. The maximum Gasteiger partial charge on any atom is 0.320 e. The van der Waals surface area contributed by atoms with Gasteiger partial charge in [0.25, 0.3) is 0 Å². The van der Waals surface area contributed by atoms with Crippen LogP contribution in [-0.4, -0.2) is 56.0 Å². The number of methoxy groups -OCH3 is 1. The molecule has 16 heavy (non-hydrogen) atoms. The molecular formula is C11H21BrN2O2. The standard InChI is InChI=1S/C11H21BrN2O2/c1-14-5-3-4-9(8-14)6-13-7-10(12)11(15)16-2/h9-10,13H,3-8H2,1-2H3. The van der Waals surface area contributed by atoms with Crippen LogP contribution in [0.25, 0.3) is 0 Å². The summed E-state index contributed by atoms with van der Waals surface area (Å²) in [7, 11) is 3.57. The van der Waals surface area contributed by atoms with Gasteiger partial charge in [0.2, 0.25) is 0 Å². The van der Waals surface area contributed by atoms with Crippen molar-refractivity contribution in [2.75, 3.05) is 40.3 Å². The fraction of sp³-hybridized carbons (Fsp3) is 0.909. The fourth-order valence-corrected chi connectivity index (χ4v) is 2.48. The lowest BCUT2D eigenvalue weighted by Crippen LogP contribution is -2.39. The molecule has 0 radical (unpaired) electrons. The zero-order valence-corrected chi connectivity index (χ0v) is 11.6. The van der Waals surface area contributed by atoms with Crippen molar-refractivity contribution in [3.63, 3.8) is 0 Å². The average Bonchev–Trinajstić information content (AvgIpc) is 2.28. The number of rotatable bonds is 5. The highest BCUT2D eigenvalue weighted by Crippen LogP contribution is 2.13. The van der Waals surface area contributed by atoms with Gasteiger partial charge < -0.3 is 15.0 Å². The van der Waals surface area contributed by atoms with Crippen molar-refractivity contribution in [2.24, 2.45) is 5.92 Å². The van der Waals surface area contributed by atoms with Crippen LogP contribution in [0.3, 0.4) is 0 Å². The lowest BCUT2D eigenvalue weighted by atomic mass is 9.98. The van der Waals surface area contributed by atoms with Crippen LogP contribution in [0.5, 0.6) is 0 Å². The first-order valence-corrected chi connectivity index (χ1v) is 6.66. The van der Waals surface area contributed by atoms with E-state index in [1.807, 2.05) is 0 Å². The van der Waals surface area contributed by atoms with Crippen LogP contribution in [0.15, 0.2) is 0 Å². The SMILES string of the molecule is COC(=O)C(Br)CNCC1CCCN(C)C1. The molecule has 0 aromatic carbocycles. The molecule has 5 heteroatoms. The number of alkyl halides is 1. The molecule has 1 aliphatic rings. The molecule has 2 unspecified atom stereocenters. The highest BCUT2D eigenvalue weighted by Gasteiger charge is 2.18. The van der Waals surface area contributed by atoms with E-state index in [-0.39, 0.29) is 10.8 Å². The summed E-state index contributed by atoms with van der Waals surface area (Å²) in [4.78, 5) is 13.3. The maximum absolute atomic E-state index is 11.1. The Balaban J connectivity index is 2.12. The van der Waals surface area contributed by atoms with E-state index in [0.717, 1.165) is 13.1 Å². The minimum absolute atomic E-state index is 0.215. The molecule has 0 aromatic heterocycles. The van der Waals surface area contributed by atoms with Crippen LogP contribution in [0.4, 0.5) is 0 Å². The first kappa shape index (κ1) is 13.9. The number of carbonyl (C=O) groups is 1. The summed E-state index contributed by atoms with van der Waals surface area (Å²) in [6.45, 7) is 3.97. The third-order valence-corrected chi connectivity index (χ3v) is 3.63. The van der Waals surface area contributed by atoms with Gasteiger partial charge in [-0.2, -0.15) is 0 Å². The normalized spacial score (nSPS) is 24.1. The van der Waals surface area contributed by atoms with Gasteiger partial charge in [0.05, 0.1) is 7.11 Å². The summed E-state index contributed by atoms with van der Waals surface area (Å²) in [5.74, 6) is 0.490. The second kappa shape index (κ2) is 7.25. The van der Waals surface area contributed by atoms with E-state index in [2.05, 4.69) is 37.9 Å². The summed E-state index contributed by atoms with van der Waals surface area (Å²) < 4.78 is 4.64. The van der Waals surface area contributed by atoms with Crippen molar-refractivity contribution in [1.29, 1.82) is 0 Å². The first-order valence-electron chi connectivity index (χ1n) is 5.74. The summed E-state index contributed by atoms with van der Waals surface area (Å²) in [6.07, 6.45) is 2.56. The van der Waals surface area contributed by atoms with E-state index in [0.29, 0.717) is 12.5 Å². The van der Waals surface area contributed by atoms with Crippen molar-refractivity contribution in [2.45, 2.75) is 17.7 Å². The van der Waals surface area contributed by atoms with E-state index >= 15 is 0 Å². The molecule has 0 amide bonds. The number of likely N-dealkylation sites (tertiary alicyclic amines) is 1. The predicted octanol–water partition coefficient (Wildman–Crippen LogP) is 0.854. The molecule has 0 bridgehead atoms. The van der Waals surface area contributed by atoms with Gasteiger partial charge >= 0.3 is 5.97 Å². The highest BCUT2D eigenvalue weighted by atomic mass is 79.9. The number of carbonyl (C=O) groups excluding carboxylic acids is 1. The molecule has 1 fully saturated rings. The number of esters is 1. The van der Waals surface area contributed by atoms with E-state index in [1.165, 1.54) is 26.5 Å². The van der Waals surface area contributed by atoms with Crippen LogP contribution in [-0.2, 0) is 9.53 Å². The summed E-state index contributed by atoms with van der Waals surface area (Å²) in [5.41, 5.74) is 0. The Morgan fingerprint density at radius 2 is 2.44 bits per heavy atom. The van der Waals surface area contributed by atoms with Gasteiger partial charge in [-0.25, -0.2) is 0 Å². The van der Waals surface area contributed by atoms with Gasteiger partial charge in [-0.3, -0.25) is 4.79 Å². The van der Waals surface area contributed by atoms with E-state index in [1.54, 1.807) is 0 Å². The Hall–Kier alpha value is -0.130. The van der Waals surface area contributed by atoms with Crippen LogP contribution < -0.4 is 5.32 Å². The number of piperidine rings is 1. The maximum atomic E-state index is 11.1. The second-order valence-electron chi connectivity index (χ2n) is 4.42. The zero-order chi connectivity index (χ0) is 12.0. The molecular weight excluding hydrogens is 272 g/mol. The molecule has 94 valence electrons. The third kappa shape index (κ3) is 4.80. The van der Waals surface area contributed by atoms with E-state index in [4.69, 9.17) is 0 Å². The summed E-state index contributed by atoms with van der Waals surface area (Å²) in [6, 6.07) is 0. The molecule has 4 nitrogen and oxygen atoms in total. The Kier molecular flexibility index (Phi) is 6.31. The van der Waals surface area contributed by atoms with Crippen LogP contribution in [0.2, 0.25) is 0 Å². The zero-order valence-electron chi connectivity index (χ0n) is 10.0. The minimum Gasteiger partial charge on any atom is -0.468 e. The molecule has 0 aromatic rings. The molecule has 1 saturated heterocycles. The number of ether oxygens (including phenoxy) is 1. The molecule has 1 N–H and O–H groups in total. The summed E-state index contributed by atoms with van der Waals surface area (Å²) in [5, 5.41) is 3.32. The first-order chi connectivity index (χ1) is 7.63. The predicted molar refractivity (Wildman–Crippen MR) is 67.8 cm³/mol. The molecule has 1 aliphatic heterocycles. The van der Waals surface area contributed by atoms with Crippen molar-refractivity contribution in [1.82, 2.24) is 10.2 Å². The Bertz CT molecular complexity index is 226. The van der Waals surface area contributed by atoms with Crippen molar-refractivity contribution >= 4 is 21.9 Å². The number of hydrogen-bond donors (Lipinski definition) is 1. The highest BCUT2D eigenvalue weighted by molar-refractivity contribution is 9.10. The van der Waals surface area contributed by atoms with Gasteiger partial charge in [0.15, 0.2) is 0 Å². The molecule has 1 heterocycles. The van der Waals surface area contributed by atoms with Gasteiger partial charge in [0.1, 0.15) is 4.83 Å². The van der Waals surface area contributed by atoms with Gasteiger partial charge in [-0.05, 0) is 38.9 Å². The number of nitrogens with one attached hydrogen (secondary N) is 1. The Labute approximate surface area is 106 Å².